The van der Waals surface area contributed by atoms with Crippen LogP contribution in [-0.4, -0.2) is 28.1 Å². The maximum atomic E-state index is 6.13. The Labute approximate surface area is 103 Å². The Morgan fingerprint density at radius 1 is 1.35 bits per heavy atom. The minimum absolute atomic E-state index is 0.234. The highest BCUT2D eigenvalue weighted by Crippen LogP contribution is 2.40. The van der Waals surface area contributed by atoms with Gasteiger partial charge in [0.2, 0.25) is 0 Å². The normalized spacial score (nSPS) is 27.7. The van der Waals surface area contributed by atoms with Crippen molar-refractivity contribution < 1.29 is 9.31 Å². The number of aryl methyl sites for hydroxylation is 1. The van der Waals surface area contributed by atoms with Crippen LogP contribution in [0.4, 0.5) is 0 Å². The molecule has 0 aliphatic carbocycles. The summed E-state index contributed by atoms with van der Waals surface area (Å²) in [6.45, 7) is 8.49. The summed E-state index contributed by atoms with van der Waals surface area (Å²) in [6, 6.07) is 0. The van der Waals surface area contributed by atoms with Crippen LogP contribution in [0.25, 0.3) is 0 Å². The van der Waals surface area contributed by atoms with Crippen LogP contribution in [0, 0.1) is 0 Å². The molecule has 0 spiro atoms. The summed E-state index contributed by atoms with van der Waals surface area (Å²) in [4.78, 5) is 0. The highest BCUT2D eigenvalue weighted by atomic mass is 16.7. The van der Waals surface area contributed by atoms with Gasteiger partial charge in [-0.15, -0.1) is 0 Å². The van der Waals surface area contributed by atoms with Crippen LogP contribution < -0.4 is 5.46 Å². The van der Waals surface area contributed by atoms with E-state index < -0.39 is 0 Å². The molecule has 0 bridgehead atoms. The molecule has 1 aromatic rings. The van der Waals surface area contributed by atoms with Crippen LogP contribution in [0.1, 0.15) is 40.5 Å². The summed E-state index contributed by atoms with van der Waals surface area (Å²) in [7, 11) is 1.60. The predicted molar refractivity (Wildman–Crippen MR) is 68.2 cm³/mol. The molecule has 0 aromatic carbocycles. The van der Waals surface area contributed by atoms with Gasteiger partial charge in [0, 0.05) is 24.9 Å². The number of hydrogen-bond acceptors (Lipinski definition) is 3. The number of hydrogen-bond donors (Lipinski definition) is 0. The fourth-order valence-corrected chi connectivity index (χ4v) is 2.33. The van der Waals surface area contributed by atoms with Crippen molar-refractivity contribution in [1.29, 1.82) is 0 Å². The standard InChI is InChI=1S/C12H21BN2O2/c1-6-7-12(4)11(2,3)16-13(17-12)10-8-14-15(5)9-10/h8-9H,6-7H2,1-5H3. The number of aromatic nitrogens is 2. The van der Waals surface area contributed by atoms with Crippen molar-refractivity contribution in [2.45, 2.75) is 51.7 Å². The van der Waals surface area contributed by atoms with Gasteiger partial charge < -0.3 is 9.31 Å². The molecule has 1 aliphatic rings. The zero-order valence-electron chi connectivity index (χ0n) is 11.4. The van der Waals surface area contributed by atoms with Crippen LogP contribution >= 0.6 is 0 Å². The zero-order chi connectivity index (χ0) is 12.7. The maximum absolute atomic E-state index is 6.13. The van der Waals surface area contributed by atoms with Crippen molar-refractivity contribution in [1.82, 2.24) is 9.78 Å². The summed E-state index contributed by atoms with van der Waals surface area (Å²) in [5.41, 5.74) is 0.478. The van der Waals surface area contributed by atoms with Crippen molar-refractivity contribution in [3.63, 3.8) is 0 Å². The Kier molecular flexibility index (Phi) is 3.08. The van der Waals surface area contributed by atoms with Gasteiger partial charge in [-0.3, -0.25) is 4.68 Å². The van der Waals surface area contributed by atoms with Gasteiger partial charge in [-0.25, -0.2) is 0 Å². The van der Waals surface area contributed by atoms with Crippen molar-refractivity contribution in [2.24, 2.45) is 7.05 Å². The fourth-order valence-electron chi connectivity index (χ4n) is 2.33. The Morgan fingerprint density at radius 2 is 2.06 bits per heavy atom. The van der Waals surface area contributed by atoms with E-state index in [1.54, 1.807) is 10.9 Å². The van der Waals surface area contributed by atoms with E-state index in [4.69, 9.17) is 9.31 Å². The van der Waals surface area contributed by atoms with E-state index in [2.05, 4.69) is 32.8 Å². The van der Waals surface area contributed by atoms with E-state index in [1.807, 2.05) is 13.2 Å². The third kappa shape index (κ3) is 2.14. The van der Waals surface area contributed by atoms with Crippen molar-refractivity contribution in [3.8, 4) is 0 Å². The second kappa shape index (κ2) is 4.14. The average Bonchev–Trinajstić information content (AvgIpc) is 2.71. The molecule has 5 heteroatoms. The van der Waals surface area contributed by atoms with Gasteiger partial charge in [0.15, 0.2) is 0 Å². The summed E-state index contributed by atoms with van der Waals surface area (Å²) in [6.07, 6.45) is 5.83. The van der Waals surface area contributed by atoms with Gasteiger partial charge in [-0.05, 0) is 27.2 Å². The van der Waals surface area contributed by atoms with Crippen molar-refractivity contribution in [2.75, 3.05) is 0 Å². The Balaban J connectivity index is 2.21. The SMILES string of the molecule is CCCC1(C)OB(c2cnn(C)c2)OC1(C)C. The highest BCUT2D eigenvalue weighted by molar-refractivity contribution is 6.62. The second-order valence-electron chi connectivity index (χ2n) is 5.51. The molecule has 4 nitrogen and oxygen atoms in total. The minimum Gasteiger partial charge on any atom is -0.399 e. The molecule has 94 valence electrons. The largest absolute Gasteiger partial charge is 0.498 e. The highest BCUT2D eigenvalue weighted by Gasteiger charge is 2.54. The molecular formula is C12H21BN2O2. The van der Waals surface area contributed by atoms with Crippen LogP contribution in [-0.2, 0) is 16.4 Å². The number of nitrogens with zero attached hydrogens (tertiary/aromatic N) is 2. The summed E-state index contributed by atoms with van der Waals surface area (Å²) < 4.78 is 13.9. The average molecular weight is 236 g/mol. The van der Waals surface area contributed by atoms with E-state index >= 15 is 0 Å². The van der Waals surface area contributed by atoms with Crippen LogP contribution in [0.15, 0.2) is 12.4 Å². The molecule has 2 rings (SSSR count). The van der Waals surface area contributed by atoms with Crippen LogP contribution in [0.5, 0.6) is 0 Å². The van der Waals surface area contributed by atoms with Gasteiger partial charge in [0.1, 0.15) is 0 Å². The van der Waals surface area contributed by atoms with E-state index in [0.717, 1.165) is 18.3 Å². The first kappa shape index (κ1) is 12.6. The van der Waals surface area contributed by atoms with Crippen LogP contribution in [0.3, 0.4) is 0 Å². The summed E-state index contributed by atoms with van der Waals surface area (Å²) in [5.74, 6) is 0. The third-order valence-corrected chi connectivity index (χ3v) is 3.77. The van der Waals surface area contributed by atoms with Gasteiger partial charge in [0.25, 0.3) is 0 Å². The van der Waals surface area contributed by atoms with E-state index in [0.29, 0.717) is 0 Å². The predicted octanol–water partition coefficient (Wildman–Crippen LogP) is 1.50. The Bertz CT molecular complexity index is 405. The monoisotopic (exact) mass is 236 g/mol. The lowest BCUT2D eigenvalue weighted by molar-refractivity contribution is -0.0159. The molecular weight excluding hydrogens is 215 g/mol. The molecule has 1 atom stereocenters. The number of rotatable bonds is 3. The van der Waals surface area contributed by atoms with Gasteiger partial charge in [0.05, 0.1) is 11.2 Å². The summed E-state index contributed by atoms with van der Waals surface area (Å²) in [5, 5.41) is 4.16. The molecule has 2 heterocycles. The third-order valence-electron chi connectivity index (χ3n) is 3.77. The Morgan fingerprint density at radius 3 is 2.59 bits per heavy atom. The Hall–Kier alpha value is -0.805. The lowest BCUT2D eigenvalue weighted by atomic mass is 9.82. The molecule has 0 saturated carbocycles. The first-order chi connectivity index (χ1) is 7.88. The zero-order valence-corrected chi connectivity index (χ0v) is 11.4. The van der Waals surface area contributed by atoms with Gasteiger partial charge in [-0.2, -0.15) is 5.10 Å². The smallest absolute Gasteiger partial charge is 0.399 e. The fraction of sp³-hybridized carbons (Fsp3) is 0.750. The maximum Gasteiger partial charge on any atom is 0.498 e. The first-order valence-corrected chi connectivity index (χ1v) is 6.22. The molecule has 17 heavy (non-hydrogen) atoms. The van der Waals surface area contributed by atoms with E-state index in [9.17, 15) is 0 Å². The van der Waals surface area contributed by atoms with Crippen molar-refractivity contribution >= 4 is 12.6 Å². The topological polar surface area (TPSA) is 36.3 Å². The van der Waals surface area contributed by atoms with Gasteiger partial charge in [-0.1, -0.05) is 13.3 Å². The van der Waals surface area contributed by atoms with E-state index in [1.165, 1.54) is 0 Å². The summed E-state index contributed by atoms with van der Waals surface area (Å²) >= 11 is 0. The van der Waals surface area contributed by atoms with Crippen LogP contribution in [0.2, 0.25) is 0 Å². The molecule has 1 aromatic heterocycles. The lowest BCUT2D eigenvalue weighted by Crippen LogP contribution is -2.44. The lowest BCUT2D eigenvalue weighted by Gasteiger charge is -2.36. The molecule has 1 fully saturated rings. The molecule has 1 aliphatic heterocycles. The molecule has 1 unspecified atom stereocenters. The second-order valence-corrected chi connectivity index (χ2v) is 5.51. The molecule has 0 amide bonds. The quantitative estimate of drug-likeness (QED) is 0.746. The molecule has 0 radical (unpaired) electrons. The van der Waals surface area contributed by atoms with Gasteiger partial charge >= 0.3 is 7.12 Å². The first-order valence-electron chi connectivity index (χ1n) is 6.22. The molecule has 0 N–H and O–H groups in total. The minimum atomic E-state index is -0.296. The van der Waals surface area contributed by atoms with Crippen molar-refractivity contribution in [3.05, 3.63) is 12.4 Å². The van der Waals surface area contributed by atoms with E-state index in [-0.39, 0.29) is 18.3 Å². The molecule has 1 saturated heterocycles.